The zero-order chi connectivity index (χ0) is 14.0. The number of aliphatic hydroxyl groups is 1. The number of hydrogen-bond donors (Lipinski definition) is 3. The summed E-state index contributed by atoms with van der Waals surface area (Å²) in [5, 5.41) is 18.6. The molecule has 0 radical (unpaired) electrons. The maximum absolute atomic E-state index is 12.3. The van der Waals surface area contributed by atoms with Crippen LogP contribution < -0.4 is 5.73 Å². The first-order valence-electron chi connectivity index (χ1n) is 5.89. The van der Waals surface area contributed by atoms with Gasteiger partial charge >= 0.3 is 5.97 Å². The molecule has 1 aliphatic heterocycles. The standard InChI is InChI=1S/C12H15N3O4/c13-5-8-3-7(1-2-14-8)11(17)15-6-9(16)4-10(15)12(18)19/h1-3,9-10,16H,4-6,13H2,(H,18,19)/t9-,10-/m0/s1. The quantitative estimate of drug-likeness (QED) is 0.658. The topological polar surface area (TPSA) is 117 Å². The van der Waals surface area contributed by atoms with Crippen LogP contribution in [0.15, 0.2) is 18.3 Å². The average molecular weight is 265 g/mol. The fourth-order valence-electron chi connectivity index (χ4n) is 2.16. The maximum Gasteiger partial charge on any atom is 0.326 e. The minimum atomic E-state index is -1.11. The van der Waals surface area contributed by atoms with Crippen LogP contribution in [0.2, 0.25) is 0 Å². The molecule has 1 saturated heterocycles. The molecule has 1 aliphatic rings. The molecule has 0 unspecified atom stereocenters. The van der Waals surface area contributed by atoms with Crippen molar-refractivity contribution in [3.63, 3.8) is 0 Å². The van der Waals surface area contributed by atoms with Gasteiger partial charge in [-0.15, -0.1) is 0 Å². The summed E-state index contributed by atoms with van der Waals surface area (Å²) in [5.41, 5.74) is 6.33. The number of aliphatic hydroxyl groups excluding tert-OH is 1. The summed E-state index contributed by atoms with van der Waals surface area (Å²) in [5.74, 6) is -1.54. The van der Waals surface area contributed by atoms with Gasteiger partial charge < -0.3 is 20.8 Å². The number of rotatable bonds is 3. The highest BCUT2D eigenvalue weighted by Gasteiger charge is 2.39. The number of aromatic nitrogens is 1. The SMILES string of the molecule is NCc1cc(C(=O)N2C[C@@H](O)C[C@H]2C(=O)O)ccn1. The Morgan fingerprint density at radius 3 is 2.89 bits per heavy atom. The van der Waals surface area contributed by atoms with Gasteiger partial charge in [0.2, 0.25) is 0 Å². The van der Waals surface area contributed by atoms with E-state index in [2.05, 4.69) is 4.98 Å². The third-order valence-electron chi connectivity index (χ3n) is 3.10. The van der Waals surface area contributed by atoms with Gasteiger partial charge in [-0.05, 0) is 12.1 Å². The molecule has 7 nitrogen and oxygen atoms in total. The van der Waals surface area contributed by atoms with E-state index in [-0.39, 0.29) is 19.5 Å². The summed E-state index contributed by atoms with van der Waals surface area (Å²) in [6.07, 6.45) is 0.703. The molecule has 0 aromatic carbocycles. The molecule has 2 heterocycles. The van der Waals surface area contributed by atoms with Crippen molar-refractivity contribution in [1.29, 1.82) is 0 Å². The number of carbonyl (C=O) groups excluding carboxylic acids is 1. The van der Waals surface area contributed by atoms with Crippen LogP contribution in [0.25, 0.3) is 0 Å². The molecule has 1 aromatic heterocycles. The van der Waals surface area contributed by atoms with E-state index in [4.69, 9.17) is 10.8 Å². The fourth-order valence-corrected chi connectivity index (χ4v) is 2.16. The second-order valence-corrected chi connectivity index (χ2v) is 4.44. The highest BCUT2D eigenvalue weighted by molar-refractivity contribution is 5.97. The van der Waals surface area contributed by atoms with Gasteiger partial charge in [0.05, 0.1) is 11.8 Å². The van der Waals surface area contributed by atoms with E-state index in [9.17, 15) is 14.7 Å². The molecule has 4 N–H and O–H groups in total. The number of carbonyl (C=O) groups is 2. The Morgan fingerprint density at radius 1 is 1.53 bits per heavy atom. The van der Waals surface area contributed by atoms with Gasteiger partial charge in [-0.1, -0.05) is 0 Å². The number of carboxylic acid groups (broad SMARTS) is 1. The molecular formula is C12H15N3O4. The number of carboxylic acids is 1. The van der Waals surface area contributed by atoms with Crippen molar-refractivity contribution < 1.29 is 19.8 Å². The van der Waals surface area contributed by atoms with Crippen LogP contribution in [0.3, 0.4) is 0 Å². The van der Waals surface area contributed by atoms with E-state index in [0.29, 0.717) is 11.3 Å². The number of hydrogen-bond acceptors (Lipinski definition) is 5. The smallest absolute Gasteiger partial charge is 0.326 e. The Morgan fingerprint density at radius 2 is 2.26 bits per heavy atom. The van der Waals surface area contributed by atoms with Gasteiger partial charge in [0, 0.05) is 31.3 Å². The number of likely N-dealkylation sites (tertiary alicyclic amines) is 1. The molecule has 1 aromatic rings. The molecule has 19 heavy (non-hydrogen) atoms. The molecule has 1 fully saturated rings. The summed E-state index contributed by atoms with van der Waals surface area (Å²) in [4.78, 5) is 28.5. The lowest BCUT2D eigenvalue weighted by Gasteiger charge is -2.21. The largest absolute Gasteiger partial charge is 0.480 e. The molecule has 0 aliphatic carbocycles. The molecule has 0 spiro atoms. The van der Waals surface area contributed by atoms with Crippen LogP contribution in [0, 0.1) is 0 Å². The molecular weight excluding hydrogens is 250 g/mol. The van der Waals surface area contributed by atoms with E-state index in [0.717, 1.165) is 0 Å². The van der Waals surface area contributed by atoms with Crippen LogP contribution in [-0.4, -0.2) is 50.7 Å². The van der Waals surface area contributed by atoms with Crippen LogP contribution in [-0.2, 0) is 11.3 Å². The molecule has 2 atom stereocenters. The van der Waals surface area contributed by atoms with E-state index >= 15 is 0 Å². The first-order valence-corrected chi connectivity index (χ1v) is 5.89. The fraction of sp³-hybridized carbons (Fsp3) is 0.417. The Hall–Kier alpha value is -1.99. The second kappa shape index (κ2) is 5.33. The Balaban J connectivity index is 2.24. The van der Waals surface area contributed by atoms with Gasteiger partial charge in [0.1, 0.15) is 6.04 Å². The van der Waals surface area contributed by atoms with Crippen LogP contribution in [0.4, 0.5) is 0 Å². The minimum absolute atomic E-state index is 0.0239. The van der Waals surface area contributed by atoms with E-state index in [1.54, 1.807) is 0 Å². The van der Waals surface area contributed by atoms with Crippen molar-refractivity contribution in [2.24, 2.45) is 5.73 Å². The Bertz CT molecular complexity index is 506. The van der Waals surface area contributed by atoms with Crippen molar-refractivity contribution in [2.75, 3.05) is 6.54 Å². The zero-order valence-corrected chi connectivity index (χ0v) is 10.2. The number of pyridine rings is 1. The van der Waals surface area contributed by atoms with E-state index in [1.165, 1.54) is 23.2 Å². The molecule has 1 amide bonds. The normalized spacial score (nSPS) is 22.5. The molecule has 2 rings (SSSR count). The molecule has 0 saturated carbocycles. The van der Waals surface area contributed by atoms with Crippen LogP contribution >= 0.6 is 0 Å². The summed E-state index contributed by atoms with van der Waals surface area (Å²) in [7, 11) is 0. The highest BCUT2D eigenvalue weighted by atomic mass is 16.4. The number of aliphatic carboxylic acids is 1. The zero-order valence-electron chi connectivity index (χ0n) is 10.2. The van der Waals surface area contributed by atoms with Crippen molar-refractivity contribution in [3.05, 3.63) is 29.6 Å². The number of amides is 1. The Kier molecular flexibility index (Phi) is 3.77. The highest BCUT2D eigenvalue weighted by Crippen LogP contribution is 2.21. The lowest BCUT2D eigenvalue weighted by atomic mass is 10.1. The van der Waals surface area contributed by atoms with E-state index in [1.807, 2.05) is 0 Å². The Labute approximate surface area is 109 Å². The first-order chi connectivity index (χ1) is 9.02. The third kappa shape index (κ3) is 2.72. The second-order valence-electron chi connectivity index (χ2n) is 4.44. The van der Waals surface area contributed by atoms with Crippen LogP contribution in [0.1, 0.15) is 22.5 Å². The van der Waals surface area contributed by atoms with Gasteiger partial charge in [-0.25, -0.2) is 4.79 Å². The van der Waals surface area contributed by atoms with Gasteiger partial charge in [-0.3, -0.25) is 9.78 Å². The number of nitrogens with two attached hydrogens (primary N) is 1. The van der Waals surface area contributed by atoms with Crippen molar-refractivity contribution in [3.8, 4) is 0 Å². The average Bonchev–Trinajstić information content (AvgIpc) is 2.80. The molecule has 102 valence electrons. The van der Waals surface area contributed by atoms with Gasteiger partial charge in [0.15, 0.2) is 0 Å². The predicted octanol–water partition coefficient (Wildman–Crippen LogP) is -0.800. The summed E-state index contributed by atoms with van der Waals surface area (Å²) < 4.78 is 0. The predicted molar refractivity (Wildman–Crippen MR) is 65.2 cm³/mol. The lowest BCUT2D eigenvalue weighted by molar-refractivity contribution is -0.141. The first kappa shape index (κ1) is 13.4. The molecule has 0 bridgehead atoms. The summed E-state index contributed by atoms with van der Waals surface area (Å²) in [6, 6.07) is 2.05. The number of nitrogens with zero attached hydrogens (tertiary/aromatic N) is 2. The minimum Gasteiger partial charge on any atom is -0.480 e. The number of β-amino-alcohol motifs (C(OH)–C–C–N with tert-alkyl or cyclic N) is 1. The van der Waals surface area contributed by atoms with Crippen LogP contribution in [0.5, 0.6) is 0 Å². The maximum atomic E-state index is 12.3. The van der Waals surface area contributed by atoms with Gasteiger partial charge in [-0.2, -0.15) is 0 Å². The van der Waals surface area contributed by atoms with Crippen molar-refractivity contribution in [1.82, 2.24) is 9.88 Å². The summed E-state index contributed by atoms with van der Waals surface area (Å²) >= 11 is 0. The third-order valence-corrected chi connectivity index (χ3v) is 3.10. The van der Waals surface area contributed by atoms with Gasteiger partial charge in [0.25, 0.3) is 5.91 Å². The monoisotopic (exact) mass is 265 g/mol. The van der Waals surface area contributed by atoms with Crippen molar-refractivity contribution >= 4 is 11.9 Å². The lowest BCUT2D eigenvalue weighted by Crippen LogP contribution is -2.40. The molecule has 7 heteroatoms. The summed E-state index contributed by atoms with van der Waals surface area (Å²) in [6.45, 7) is 0.224. The van der Waals surface area contributed by atoms with E-state index < -0.39 is 24.0 Å². The van der Waals surface area contributed by atoms with Crippen molar-refractivity contribution in [2.45, 2.75) is 25.1 Å².